The number of guanidine groups is 1. The molecule has 0 aliphatic carbocycles. The van der Waals surface area contributed by atoms with Crippen LogP contribution in [0.15, 0.2) is 65.0 Å². The number of benzene rings is 2. The van der Waals surface area contributed by atoms with E-state index in [1.165, 1.54) is 4.90 Å². The number of carbonyl (C=O) groups excluding carboxylic acids is 1. The van der Waals surface area contributed by atoms with Gasteiger partial charge in [0.1, 0.15) is 11.9 Å². The number of thiophene rings is 1. The Morgan fingerprint density at radius 2 is 2.07 bits per heavy atom. The van der Waals surface area contributed by atoms with E-state index in [9.17, 15) is 4.79 Å². The second kappa shape index (κ2) is 6.71. The molecule has 0 fully saturated rings. The molecule has 0 unspecified atom stereocenters. The standard InChI is InChI=1S/C23H18N4O2S/c1-25-16-6-3-5-14(11-16)15-8-9-18-17(12-15)23(21(28)27(2)22(24)26-23)13-19(29-18)20-7-4-10-30-20/h3-12,19H,13H2,2H3,(H2,24,26)/t19-,23-/m0/s1. The van der Waals surface area contributed by atoms with Crippen molar-refractivity contribution in [2.45, 2.75) is 18.1 Å². The van der Waals surface area contributed by atoms with E-state index in [4.69, 9.17) is 17.0 Å². The first-order chi connectivity index (χ1) is 14.5. The summed E-state index contributed by atoms with van der Waals surface area (Å²) in [7, 11) is 1.65. The summed E-state index contributed by atoms with van der Waals surface area (Å²) in [6.07, 6.45) is 0.108. The third-order valence-corrected chi connectivity index (χ3v) is 6.62. The smallest absolute Gasteiger partial charge is 0.261 e. The molecule has 2 N–H and O–H groups in total. The number of hydrogen-bond acceptors (Lipinski definition) is 5. The normalized spacial score (nSPS) is 22.4. The number of fused-ring (bicyclic) bond motifs is 2. The van der Waals surface area contributed by atoms with E-state index >= 15 is 0 Å². The van der Waals surface area contributed by atoms with Crippen molar-refractivity contribution in [3.05, 3.63) is 81.8 Å². The second-order valence-corrected chi connectivity index (χ2v) is 8.37. The van der Waals surface area contributed by atoms with E-state index in [1.54, 1.807) is 24.5 Å². The van der Waals surface area contributed by atoms with Crippen molar-refractivity contribution in [2.24, 2.45) is 10.7 Å². The highest BCUT2D eigenvalue weighted by atomic mass is 32.1. The summed E-state index contributed by atoms with van der Waals surface area (Å²) >= 11 is 1.60. The minimum atomic E-state index is -1.12. The molecular weight excluding hydrogens is 396 g/mol. The fourth-order valence-corrected chi connectivity index (χ4v) is 4.86. The van der Waals surface area contributed by atoms with E-state index in [-0.39, 0.29) is 18.0 Å². The lowest BCUT2D eigenvalue weighted by molar-refractivity contribution is -0.132. The molecule has 2 aromatic carbocycles. The summed E-state index contributed by atoms with van der Waals surface area (Å²) in [5, 5.41) is 1.99. The Balaban J connectivity index is 1.68. The van der Waals surface area contributed by atoms with Gasteiger partial charge in [0.15, 0.2) is 17.2 Å². The Morgan fingerprint density at radius 1 is 1.23 bits per heavy atom. The van der Waals surface area contributed by atoms with Crippen LogP contribution in [0.1, 0.15) is 23.0 Å². The number of carbonyl (C=O) groups is 1. The molecule has 0 saturated heterocycles. The van der Waals surface area contributed by atoms with Gasteiger partial charge in [-0.25, -0.2) is 9.84 Å². The summed E-state index contributed by atoms with van der Waals surface area (Å²) in [5.74, 6) is 0.682. The van der Waals surface area contributed by atoms with Crippen molar-refractivity contribution in [2.75, 3.05) is 7.05 Å². The van der Waals surface area contributed by atoms with Gasteiger partial charge in [-0.05, 0) is 40.8 Å². The molecule has 1 spiro atoms. The van der Waals surface area contributed by atoms with Gasteiger partial charge in [-0.1, -0.05) is 30.3 Å². The van der Waals surface area contributed by atoms with Crippen LogP contribution >= 0.6 is 11.3 Å². The highest BCUT2D eigenvalue weighted by Gasteiger charge is 2.53. The first-order valence-corrected chi connectivity index (χ1v) is 10.4. The van der Waals surface area contributed by atoms with E-state index in [0.717, 1.165) is 16.0 Å². The SMILES string of the molecule is [C-]#[N+]c1cccc(-c2ccc3c(c2)[C@]2(C[C@@H](c4cccs4)O3)N=C(N)N(C)C2=O)c1. The molecule has 0 radical (unpaired) electrons. The van der Waals surface area contributed by atoms with Gasteiger partial charge in [0, 0.05) is 23.9 Å². The largest absolute Gasteiger partial charge is 0.484 e. The molecule has 3 heterocycles. The van der Waals surface area contributed by atoms with E-state index in [0.29, 0.717) is 23.4 Å². The summed E-state index contributed by atoms with van der Waals surface area (Å²) in [4.78, 5) is 24.0. The number of nitrogens with zero attached hydrogens (tertiary/aromatic N) is 3. The van der Waals surface area contributed by atoms with Crippen LogP contribution in [-0.4, -0.2) is 23.8 Å². The molecule has 0 bridgehead atoms. The predicted molar refractivity (Wildman–Crippen MR) is 117 cm³/mol. The first-order valence-electron chi connectivity index (χ1n) is 9.48. The van der Waals surface area contributed by atoms with Crippen LogP contribution < -0.4 is 10.5 Å². The van der Waals surface area contributed by atoms with E-state index in [2.05, 4.69) is 9.84 Å². The number of rotatable bonds is 2. The molecular formula is C23H18N4O2S. The van der Waals surface area contributed by atoms with Crippen molar-refractivity contribution in [1.29, 1.82) is 0 Å². The molecule has 1 aromatic heterocycles. The number of likely N-dealkylation sites (N-methyl/N-ethyl adjacent to an activating group) is 1. The van der Waals surface area contributed by atoms with Crippen LogP contribution in [0.5, 0.6) is 5.75 Å². The molecule has 7 heteroatoms. The molecule has 2 aliphatic heterocycles. The lowest BCUT2D eigenvalue weighted by atomic mass is 9.80. The Bertz CT molecular complexity index is 1230. The summed E-state index contributed by atoms with van der Waals surface area (Å²) in [6.45, 7) is 7.27. The van der Waals surface area contributed by atoms with Crippen LogP contribution in [0.3, 0.4) is 0 Å². The third-order valence-electron chi connectivity index (χ3n) is 5.65. The lowest BCUT2D eigenvalue weighted by Crippen LogP contribution is -2.43. The topological polar surface area (TPSA) is 72.3 Å². The molecule has 2 aliphatic rings. The average molecular weight is 414 g/mol. The minimum Gasteiger partial charge on any atom is -0.484 e. The zero-order chi connectivity index (χ0) is 20.9. The van der Waals surface area contributed by atoms with Crippen molar-refractivity contribution >= 4 is 28.9 Å². The molecule has 6 nitrogen and oxygen atoms in total. The molecule has 1 amide bonds. The van der Waals surface area contributed by atoms with Gasteiger partial charge in [-0.3, -0.25) is 9.69 Å². The molecule has 148 valence electrons. The van der Waals surface area contributed by atoms with Gasteiger partial charge in [-0.2, -0.15) is 0 Å². The summed E-state index contributed by atoms with van der Waals surface area (Å²) in [5.41, 5.74) is 8.02. The monoisotopic (exact) mass is 414 g/mol. The quantitative estimate of drug-likeness (QED) is 0.629. The highest BCUT2D eigenvalue weighted by molar-refractivity contribution is 7.10. The number of nitrogens with two attached hydrogens (primary N) is 1. The maximum atomic E-state index is 13.4. The van der Waals surface area contributed by atoms with Crippen LogP contribution in [0.4, 0.5) is 5.69 Å². The number of ether oxygens (including phenoxy) is 1. The van der Waals surface area contributed by atoms with Crippen molar-refractivity contribution in [1.82, 2.24) is 4.90 Å². The Kier molecular flexibility index (Phi) is 4.12. The first kappa shape index (κ1) is 18.4. The van der Waals surface area contributed by atoms with Crippen molar-refractivity contribution in [3.8, 4) is 16.9 Å². The Morgan fingerprint density at radius 3 is 2.77 bits per heavy atom. The molecule has 5 rings (SSSR count). The molecule has 30 heavy (non-hydrogen) atoms. The van der Waals surface area contributed by atoms with Crippen LogP contribution in [0.25, 0.3) is 16.0 Å². The number of aliphatic imine (C=N–C) groups is 1. The van der Waals surface area contributed by atoms with Gasteiger partial charge < -0.3 is 10.5 Å². The van der Waals surface area contributed by atoms with Gasteiger partial charge in [0.25, 0.3) is 5.91 Å². The fraction of sp³-hybridized carbons (Fsp3) is 0.174. The Hall–Kier alpha value is -3.63. The zero-order valence-corrected chi connectivity index (χ0v) is 17.0. The van der Waals surface area contributed by atoms with Gasteiger partial charge in [0.05, 0.1) is 6.57 Å². The maximum Gasteiger partial charge on any atom is 0.261 e. The third kappa shape index (κ3) is 2.69. The molecule has 0 saturated carbocycles. The number of hydrogen-bond donors (Lipinski definition) is 1. The predicted octanol–water partition coefficient (Wildman–Crippen LogP) is 4.47. The van der Waals surface area contributed by atoms with Crippen molar-refractivity contribution < 1.29 is 9.53 Å². The molecule has 3 aromatic rings. The van der Waals surface area contributed by atoms with Gasteiger partial charge in [0.2, 0.25) is 0 Å². The lowest BCUT2D eigenvalue weighted by Gasteiger charge is -2.36. The van der Waals surface area contributed by atoms with Crippen molar-refractivity contribution in [3.63, 3.8) is 0 Å². The maximum absolute atomic E-state index is 13.4. The van der Waals surface area contributed by atoms with Gasteiger partial charge in [-0.15, -0.1) is 11.3 Å². The highest BCUT2D eigenvalue weighted by Crippen LogP contribution is 2.51. The second-order valence-electron chi connectivity index (χ2n) is 7.39. The van der Waals surface area contributed by atoms with Crippen LogP contribution in [0.2, 0.25) is 0 Å². The number of amides is 1. The zero-order valence-electron chi connectivity index (χ0n) is 16.2. The Labute approximate surface area is 178 Å². The van der Waals surface area contributed by atoms with Gasteiger partial charge >= 0.3 is 0 Å². The fourth-order valence-electron chi connectivity index (χ4n) is 4.11. The van der Waals surface area contributed by atoms with Crippen LogP contribution in [0, 0.1) is 6.57 Å². The average Bonchev–Trinajstić information content (AvgIpc) is 3.38. The van der Waals surface area contributed by atoms with E-state index in [1.807, 2.05) is 53.9 Å². The minimum absolute atomic E-state index is 0.154. The molecule has 2 atom stereocenters. The summed E-state index contributed by atoms with van der Waals surface area (Å²) < 4.78 is 6.30. The van der Waals surface area contributed by atoms with Crippen LogP contribution in [-0.2, 0) is 10.3 Å². The van der Waals surface area contributed by atoms with E-state index < -0.39 is 5.54 Å². The summed E-state index contributed by atoms with van der Waals surface area (Å²) in [6, 6.07) is 17.2.